The minimum Gasteiger partial charge on any atom is -0.366 e. The normalized spacial score (nSPS) is 18.2. The number of carbonyl (C=O) groups excluding carboxylic acids is 1. The van der Waals surface area contributed by atoms with Crippen molar-refractivity contribution in [2.24, 2.45) is 5.73 Å². The zero-order chi connectivity index (χ0) is 16.8. The number of carbonyl (C=O) groups is 1. The van der Waals surface area contributed by atoms with Crippen molar-refractivity contribution in [1.29, 1.82) is 0 Å². The van der Waals surface area contributed by atoms with Crippen LogP contribution >= 0.6 is 0 Å². The second kappa shape index (κ2) is 5.22. The molecule has 22 heavy (non-hydrogen) atoms. The van der Waals surface area contributed by atoms with Crippen LogP contribution in [-0.2, 0) is 10.7 Å². The number of primary amides is 1. The Morgan fingerprint density at radius 2 is 2.05 bits per heavy atom. The maximum absolute atomic E-state index is 14.4. The van der Waals surface area contributed by atoms with Gasteiger partial charge in [-0.15, -0.1) is 5.12 Å². The number of nitrogens with zero attached hydrogens (tertiary/aromatic N) is 2. The Bertz CT molecular complexity index is 674. The summed E-state index contributed by atoms with van der Waals surface area (Å²) in [6.45, 7) is 3.25. The van der Waals surface area contributed by atoms with Gasteiger partial charge in [-0.05, 0) is 12.3 Å². The summed E-state index contributed by atoms with van der Waals surface area (Å²) < 4.78 is 70.3. The van der Waals surface area contributed by atoms with Crippen molar-refractivity contribution in [3.05, 3.63) is 34.7 Å². The maximum Gasteiger partial charge on any atom is 0.314 e. The van der Waals surface area contributed by atoms with E-state index in [4.69, 9.17) is 0 Å². The number of anilines is 1. The highest BCUT2D eigenvalue weighted by atomic mass is 19.3. The lowest BCUT2D eigenvalue weighted by Gasteiger charge is -2.29. The van der Waals surface area contributed by atoms with Crippen LogP contribution in [0.4, 0.5) is 27.9 Å². The zero-order valence-electron chi connectivity index (χ0n) is 11.6. The van der Waals surface area contributed by atoms with Crippen molar-refractivity contribution in [3.8, 4) is 0 Å². The molecule has 1 aliphatic rings. The Labute approximate surface area is 122 Å². The van der Waals surface area contributed by atoms with Gasteiger partial charge in [-0.25, -0.2) is 9.37 Å². The summed E-state index contributed by atoms with van der Waals surface area (Å²) in [6, 6.07) is 0. The van der Waals surface area contributed by atoms with Crippen molar-refractivity contribution in [2.45, 2.75) is 32.1 Å². The molecule has 0 fully saturated rings. The van der Waals surface area contributed by atoms with Crippen molar-refractivity contribution >= 4 is 11.7 Å². The Kier molecular flexibility index (Phi) is 3.84. The van der Waals surface area contributed by atoms with E-state index in [0.29, 0.717) is 6.42 Å². The number of alkyl halides is 2. The standard InChI is InChI=1S/C13H12F5N3O/c1-3-5(2)6-4-20-12-7(9(6)14)13(16,17)8(11(19)22)10(15)21(12)18/h4-5H,3H2,1-2H3,(H2,19,22). The summed E-state index contributed by atoms with van der Waals surface area (Å²) in [5.74, 6) is -11.7. The molecule has 0 saturated carbocycles. The van der Waals surface area contributed by atoms with Crippen LogP contribution < -0.4 is 10.9 Å². The summed E-state index contributed by atoms with van der Waals surface area (Å²) in [4.78, 5) is 14.4. The fourth-order valence-electron chi connectivity index (χ4n) is 2.19. The molecule has 0 aliphatic carbocycles. The highest BCUT2D eigenvalue weighted by Gasteiger charge is 2.53. The van der Waals surface area contributed by atoms with E-state index in [1.807, 2.05) is 0 Å². The Balaban J connectivity index is 2.79. The number of rotatable bonds is 3. The lowest BCUT2D eigenvalue weighted by atomic mass is 9.92. The number of fused-ring (bicyclic) bond motifs is 1. The molecule has 0 aromatic carbocycles. The first-order chi connectivity index (χ1) is 10.1. The molecule has 0 spiro atoms. The molecule has 0 bridgehead atoms. The van der Waals surface area contributed by atoms with E-state index in [1.165, 1.54) is 0 Å². The van der Waals surface area contributed by atoms with E-state index in [9.17, 15) is 26.8 Å². The van der Waals surface area contributed by atoms with E-state index in [-0.39, 0.29) is 5.56 Å². The van der Waals surface area contributed by atoms with Crippen LogP contribution in [0, 0.1) is 5.82 Å². The Morgan fingerprint density at radius 1 is 1.45 bits per heavy atom. The SMILES string of the molecule is CCC(C)c1cnc2c(c1F)C(F)(F)C(C(N)=O)=C(F)N2F. The smallest absolute Gasteiger partial charge is 0.314 e. The molecule has 1 aromatic heterocycles. The van der Waals surface area contributed by atoms with E-state index in [1.54, 1.807) is 13.8 Å². The molecule has 9 heteroatoms. The van der Waals surface area contributed by atoms with Crippen molar-refractivity contribution in [3.63, 3.8) is 0 Å². The van der Waals surface area contributed by atoms with Gasteiger partial charge in [0.2, 0.25) is 5.95 Å². The molecule has 0 radical (unpaired) electrons. The number of nitrogens with two attached hydrogens (primary N) is 1. The number of aromatic nitrogens is 1. The number of hydrogen-bond acceptors (Lipinski definition) is 3. The monoisotopic (exact) mass is 321 g/mol. The van der Waals surface area contributed by atoms with Gasteiger partial charge in [0, 0.05) is 11.8 Å². The first-order valence-electron chi connectivity index (χ1n) is 6.37. The fourth-order valence-corrected chi connectivity index (χ4v) is 2.19. The number of hydrogen-bond donors (Lipinski definition) is 1. The highest BCUT2D eigenvalue weighted by Crippen LogP contribution is 2.49. The lowest BCUT2D eigenvalue weighted by Crippen LogP contribution is -2.38. The molecule has 1 amide bonds. The quantitative estimate of drug-likeness (QED) is 0.528. The fraction of sp³-hybridized carbons (Fsp3) is 0.385. The second-order valence-electron chi connectivity index (χ2n) is 4.92. The summed E-state index contributed by atoms with van der Waals surface area (Å²) in [5, 5.41) is -0.906. The second-order valence-corrected chi connectivity index (χ2v) is 4.92. The first-order valence-corrected chi connectivity index (χ1v) is 6.37. The van der Waals surface area contributed by atoms with Crippen LogP contribution in [-0.4, -0.2) is 10.9 Å². The molecule has 2 heterocycles. The van der Waals surface area contributed by atoms with Crippen LogP contribution in [0.3, 0.4) is 0 Å². The third-order valence-electron chi connectivity index (χ3n) is 3.60. The topological polar surface area (TPSA) is 59.2 Å². The summed E-state index contributed by atoms with van der Waals surface area (Å²) in [5.41, 5.74) is 1.06. The van der Waals surface area contributed by atoms with Gasteiger partial charge in [-0.2, -0.15) is 13.2 Å². The van der Waals surface area contributed by atoms with Gasteiger partial charge in [0.05, 0.1) is 0 Å². The number of pyridine rings is 1. The third-order valence-corrected chi connectivity index (χ3v) is 3.60. The highest BCUT2D eigenvalue weighted by molar-refractivity contribution is 5.96. The van der Waals surface area contributed by atoms with Gasteiger partial charge < -0.3 is 5.73 Å². The predicted molar refractivity (Wildman–Crippen MR) is 67.7 cm³/mol. The van der Waals surface area contributed by atoms with Gasteiger partial charge in [0.15, 0.2) is 5.82 Å². The molecule has 120 valence electrons. The zero-order valence-corrected chi connectivity index (χ0v) is 11.6. The molecular formula is C13H12F5N3O. The largest absolute Gasteiger partial charge is 0.366 e. The Hall–Kier alpha value is -2.19. The Morgan fingerprint density at radius 3 is 2.55 bits per heavy atom. The molecule has 2 rings (SSSR count). The van der Waals surface area contributed by atoms with Crippen LogP contribution in [0.25, 0.3) is 0 Å². The molecule has 0 saturated heterocycles. The average molecular weight is 321 g/mol. The van der Waals surface area contributed by atoms with Crippen molar-refractivity contribution in [2.75, 3.05) is 5.12 Å². The molecule has 1 atom stereocenters. The van der Waals surface area contributed by atoms with Gasteiger partial charge in [-0.3, -0.25) is 4.79 Å². The molecule has 1 unspecified atom stereocenters. The summed E-state index contributed by atoms with van der Waals surface area (Å²) in [7, 11) is 0. The van der Waals surface area contributed by atoms with Crippen molar-refractivity contribution in [1.82, 2.24) is 4.98 Å². The molecule has 4 nitrogen and oxygen atoms in total. The lowest BCUT2D eigenvalue weighted by molar-refractivity contribution is -0.118. The molecule has 2 N–H and O–H groups in total. The number of amides is 1. The van der Waals surface area contributed by atoms with E-state index in [2.05, 4.69) is 10.7 Å². The van der Waals surface area contributed by atoms with Gasteiger partial charge in [0.1, 0.15) is 17.0 Å². The minimum atomic E-state index is -4.42. The van der Waals surface area contributed by atoms with Crippen molar-refractivity contribution < 1.29 is 26.8 Å². The van der Waals surface area contributed by atoms with Gasteiger partial charge in [0.25, 0.3) is 5.91 Å². The van der Waals surface area contributed by atoms with E-state index >= 15 is 0 Å². The third kappa shape index (κ3) is 2.11. The summed E-state index contributed by atoms with van der Waals surface area (Å²) in [6.07, 6.45) is 1.28. The van der Waals surface area contributed by atoms with Crippen LogP contribution in [0.5, 0.6) is 0 Å². The number of halogens is 5. The maximum atomic E-state index is 14.4. The van der Waals surface area contributed by atoms with Gasteiger partial charge >= 0.3 is 5.92 Å². The predicted octanol–water partition coefficient (Wildman–Crippen LogP) is 3.20. The van der Waals surface area contributed by atoms with Crippen LogP contribution in [0.1, 0.15) is 37.3 Å². The van der Waals surface area contributed by atoms with Gasteiger partial charge in [-0.1, -0.05) is 18.3 Å². The first kappa shape index (κ1) is 16.2. The molecular weight excluding hydrogens is 309 g/mol. The van der Waals surface area contributed by atoms with E-state index < -0.39 is 51.6 Å². The average Bonchev–Trinajstić information content (AvgIpc) is 2.43. The molecule has 1 aliphatic heterocycles. The van der Waals surface area contributed by atoms with E-state index in [0.717, 1.165) is 6.20 Å². The minimum absolute atomic E-state index is 0.180. The van der Waals surface area contributed by atoms with Crippen LogP contribution in [0.2, 0.25) is 0 Å². The van der Waals surface area contributed by atoms with Crippen LogP contribution in [0.15, 0.2) is 17.7 Å². The molecule has 1 aromatic rings. The summed E-state index contributed by atoms with van der Waals surface area (Å²) >= 11 is 0.